The average Bonchev–Trinajstić information content (AvgIpc) is 2.43. The molecule has 0 unspecified atom stereocenters. The second kappa shape index (κ2) is 6.25. The molecule has 0 saturated carbocycles. The molecule has 0 aromatic heterocycles. The summed E-state index contributed by atoms with van der Waals surface area (Å²) in [5, 5.41) is 2.65. The van der Waals surface area contributed by atoms with E-state index in [1.807, 2.05) is 0 Å². The molecular weight excluding hydrogens is 262 g/mol. The molecule has 20 heavy (non-hydrogen) atoms. The van der Waals surface area contributed by atoms with Crippen molar-refractivity contribution in [2.75, 3.05) is 5.32 Å². The summed E-state index contributed by atoms with van der Waals surface area (Å²) in [6.45, 7) is 0.0630. The zero-order valence-electron chi connectivity index (χ0n) is 10.7. The van der Waals surface area contributed by atoms with Crippen LogP contribution >= 0.6 is 0 Å². The quantitative estimate of drug-likeness (QED) is 0.902. The minimum atomic E-state index is -0.399. The van der Waals surface area contributed by atoms with E-state index in [0.29, 0.717) is 16.8 Å². The van der Waals surface area contributed by atoms with Crippen molar-refractivity contribution in [2.24, 2.45) is 5.73 Å². The van der Waals surface area contributed by atoms with E-state index >= 15 is 0 Å². The first-order chi connectivity index (χ1) is 9.58. The summed E-state index contributed by atoms with van der Waals surface area (Å²) >= 11 is 0. The summed E-state index contributed by atoms with van der Waals surface area (Å²) in [5.41, 5.74) is 6.92. The fourth-order valence-electron chi connectivity index (χ4n) is 1.80. The predicted octanol–water partition coefficient (Wildman–Crippen LogP) is 2.60. The van der Waals surface area contributed by atoms with Crippen molar-refractivity contribution in [3.63, 3.8) is 0 Å². The van der Waals surface area contributed by atoms with Gasteiger partial charge in [-0.1, -0.05) is 12.1 Å². The maximum absolute atomic E-state index is 13.3. The molecular formula is C15H14F2N2O. The maximum Gasteiger partial charge on any atom is 0.228 e. The van der Waals surface area contributed by atoms with Crippen LogP contribution in [0.4, 0.5) is 14.5 Å². The van der Waals surface area contributed by atoms with Gasteiger partial charge in [0.2, 0.25) is 5.91 Å². The predicted molar refractivity (Wildman–Crippen MR) is 73.0 cm³/mol. The van der Waals surface area contributed by atoms with Crippen molar-refractivity contribution in [2.45, 2.75) is 13.0 Å². The van der Waals surface area contributed by atoms with E-state index in [1.54, 1.807) is 12.1 Å². The molecule has 0 heterocycles. The van der Waals surface area contributed by atoms with Gasteiger partial charge in [0.05, 0.1) is 6.42 Å². The smallest absolute Gasteiger partial charge is 0.228 e. The summed E-state index contributed by atoms with van der Waals surface area (Å²) in [7, 11) is 0. The Balaban J connectivity index is 2.02. The van der Waals surface area contributed by atoms with Gasteiger partial charge in [-0.15, -0.1) is 0 Å². The highest BCUT2D eigenvalue weighted by Gasteiger charge is 2.07. The number of nitrogens with one attached hydrogen (secondary N) is 1. The van der Waals surface area contributed by atoms with Gasteiger partial charge in [0, 0.05) is 17.8 Å². The number of rotatable bonds is 4. The fourth-order valence-corrected chi connectivity index (χ4v) is 1.80. The Hall–Kier alpha value is -2.27. The third kappa shape index (κ3) is 3.61. The highest BCUT2D eigenvalue weighted by molar-refractivity contribution is 5.92. The maximum atomic E-state index is 13.3. The van der Waals surface area contributed by atoms with Crippen LogP contribution in [0.15, 0.2) is 42.5 Å². The average molecular weight is 276 g/mol. The van der Waals surface area contributed by atoms with Crippen LogP contribution in [0.5, 0.6) is 0 Å². The van der Waals surface area contributed by atoms with Crippen molar-refractivity contribution >= 4 is 11.6 Å². The summed E-state index contributed by atoms with van der Waals surface area (Å²) < 4.78 is 26.0. The van der Waals surface area contributed by atoms with E-state index in [1.165, 1.54) is 30.3 Å². The van der Waals surface area contributed by atoms with E-state index in [9.17, 15) is 13.6 Å². The molecule has 0 atom stereocenters. The number of anilines is 1. The summed E-state index contributed by atoms with van der Waals surface area (Å²) in [5.74, 6) is -1.00. The van der Waals surface area contributed by atoms with Crippen LogP contribution in [0.25, 0.3) is 0 Å². The molecule has 0 saturated heterocycles. The SMILES string of the molecule is NCc1cc(NC(=O)Cc2ccc(F)cc2)ccc1F. The van der Waals surface area contributed by atoms with Gasteiger partial charge in [-0.3, -0.25) is 4.79 Å². The highest BCUT2D eigenvalue weighted by Crippen LogP contribution is 2.15. The van der Waals surface area contributed by atoms with Crippen LogP contribution in [-0.4, -0.2) is 5.91 Å². The molecule has 3 nitrogen and oxygen atoms in total. The normalized spacial score (nSPS) is 10.3. The molecule has 0 bridgehead atoms. The van der Waals surface area contributed by atoms with Crippen LogP contribution in [0, 0.1) is 11.6 Å². The van der Waals surface area contributed by atoms with Crippen LogP contribution in [0.1, 0.15) is 11.1 Å². The minimum absolute atomic E-state index is 0.0630. The number of hydrogen-bond acceptors (Lipinski definition) is 2. The molecule has 3 N–H and O–H groups in total. The van der Waals surface area contributed by atoms with Crippen molar-refractivity contribution in [3.05, 3.63) is 65.2 Å². The molecule has 0 radical (unpaired) electrons. The molecule has 2 aromatic rings. The van der Waals surface area contributed by atoms with Crippen molar-refractivity contribution in [3.8, 4) is 0 Å². The Kier molecular flexibility index (Phi) is 4.42. The van der Waals surface area contributed by atoms with Crippen LogP contribution < -0.4 is 11.1 Å². The number of benzene rings is 2. The molecule has 104 valence electrons. The van der Waals surface area contributed by atoms with Gasteiger partial charge in [-0.25, -0.2) is 8.78 Å². The number of amides is 1. The molecule has 0 aliphatic rings. The van der Waals surface area contributed by atoms with Crippen LogP contribution in [0.2, 0.25) is 0 Å². The van der Waals surface area contributed by atoms with E-state index in [-0.39, 0.29) is 24.7 Å². The van der Waals surface area contributed by atoms with Gasteiger partial charge >= 0.3 is 0 Å². The molecule has 2 rings (SSSR count). The van der Waals surface area contributed by atoms with Gasteiger partial charge in [0.25, 0.3) is 0 Å². The van der Waals surface area contributed by atoms with E-state index in [4.69, 9.17) is 5.73 Å². The van der Waals surface area contributed by atoms with Crippen molar-refractivity contribution in [1.29, 1.82) is 0 Å². The van der Waals surface area contributed by atoms with Crippen LogP contribution in [-0.2, 0) is 17.8 Å². The Bertz CT molecular complexity index is 612. The molecule has 0 spiro atoms. The van der Waals surface area contributed by atoms with Gasteiger partial charge in [-0.2, -0.15) is 0 Å². The second-order valence-corrected chi connectivity index (χ2v) is 4.36. The minimum Gasteiger partial charge on any atom is -0.326 e. The monoisotopic (exact) mass is 276 g/mol. The molecule has 0 aliphatic heterocycles. The Morgan fingerprint density at radius 3 is 2.45 bits per heavy atom. The zero-order valence-corrected chi connectivity index (χ0v) is 10.7. The number of carbonyl (C=O) groups excluding carboxylic acids is 1. The molecule has 0 aliphatic carbocycles. The standard InChI is InChI=1S/C15H14F2N2O/c16-12-3-1-10(2-4-12)7-15(20)19-13-5-6-14(17)11(8-13)9-18/h1-6,8H,7,9,18H2,(H,19,20). The lowest BCUT2D eigenvalue weighted by atomic mass is 10.1. The lowest BCUT2D eigenvalue weighted by Crippen LogP contribution is -2.15. The molecule has 0 fully saturated rings. The highest BCUT2D eigenvalue weighted by atomic mass is 19.1. The largest absolute Gasteiger partial charge is 0.326 e. The Morgan fingerprint density at radius 1 is 1.10 bits per heavy atom. The first kappa shape index (κ1) is 14.1. The van der Waals surface area contributed by atoms with Gasteiger partial charge in [-0.05, 0) is 35.9 Å². The van der Waals surface area contributed by atoms with E-state index in [0.717, 1.165) is 0 Å². The molecule has 2 aromatic carbocycles. The van der Waals surface area contributed by atoms with Crippen molar-refractivity contribution in [1.82, 2.24) is 0 Å². The second-order valence-electron chi connectivity index (χ2n) is 4.36. The lowest BCUT2D eigenvalue weighted by Gasteiger charge is -2.07. The number of halogens is 2. The number of nitrogens with two attached hydrogens (primary N) is 1. The van der Waals surface area contributed by atoms with Crippen molar-refractivity contribution < 1.29 is 13.6 Å². The summed E-state index contributed by atoms with van der Waals surface area (Å²) in [6, 6.07) is 9.92. The third-order valence-corrected chi connectivity index (χ3v) is 2.83. The Morgan fingerprint density at radius 2 is 1.80 bits per heavy atom. The topological polar surface area (TPSA) is 55.1 Å². The van der Waals surface area contributed by atoms with Crippen LogP contribution in [0.3, 0.4) is 0 Å². The van der Waals surface area contributed by atoms with Gasteiger partial charge in [0.1, 0.15) is 11.6 Å². The third-order valence-electron chi connectivity index (χ3n) is 2.83. The van der Waals surface area contributed by atoms with E-state index < -0.39 is 5.82 Å². The Labute approximate surface area is 115 Å². The molecule has 5 heteroatoms. The zero-order chi connectivity index (χ0) is 14.5. The summed E-state index contributed by atoms with van der Waals surface area (Å²) in [4.78, 5) is 11.8. The van der Waals surface area contributed by atoms with Gasteiger partial charge in [0.15, 0.2) is 0 Å². The molecule has 1 amide bonds. The first-order valence-electron chi connectivity index (χ1n) is 6.11. The van der Waals surface area contributed by atoms with Gasteiger partial charge < -0.3 is 11.1 Å². The fraction of sp³-hybridized carbons (Fsp3) is 0.133. The lowest BCUT2D eigenvalue weighted by molar-refractivity contribution is -0.115. The number of carbonyl (C=O) groups is 1. The van der Waals surface area contributed by atoms with E-state index in [2.05, 4.69) is 5.32 Å². The number of hydrogen-bond donors (Lipinski definition) is 2. The summed E-state index contributed by atoms with van der Waals surface area (Å²) in [6.07, 6.45) is 0.121. The first-order valence-corrected chi connectivity index (χ1v) is 6.11.